The standard InChI is InChI=1S/C11H20N4O/c1-4-10-9(7-15(3)14-10)11(16)13-8(2)5-6-12/h7-8H,4-6,12H2,1-3H3,(H,13,16). The Morgan fingerprint density at radius 2 is 2.38 bits per heavy atom. The fourth-order valence-corrected chi connectivity index (χ4v) is 1.61. The lowest BCUT2D eigenvalue weighted by molar-refractivity contribution is 0.0938. The second-order valence-corrected chi connectivity index (χ2v) is 3.97. The van der Waals surface area contributed by atoms with E-state index in [4.69, 9.17) is 5.73 Å². The molecule has 0 spiro atoms. The van der Waals surface area contributed by atoms with E-state index in [1.165, 1.54) is 0 Å². The molecule has 0 fully saturated rings. The van der Waals surface area contributed by atoms with Crippen LogP contribution in [0.4, 0.5) is 0 Å². The van der Waals surface area contributed by atoms with Gasteiger partial charge in [-0.25, -0.2) is 0 Å². The molecule has 1 rings (SSSR count). The molecule has 0 aromatic carbocycles. The summed E-state index contributed by atoms with van der Waals surface area (Å²) in [6.07, 6.45) is 3.30. The summed E-state index contributed by atoms with van der Waals surface area (Å²) in [6, 6.07) is 0.0995. The van der Waals surface area contributed by atoms with Crippen LogP contribution in [-0.4, -0.2) is 28.3 Å². The van der Waals surface area contributed by atoms with E-state index in [0.717, 1.165) is 18.5 Å². The molecule has 0 saturated heterocycles. The molecule has 0 aliphatic carbocycles. The number of carbonyl (C=O) groups excluding carboxylic acids is 1. The van der Waals surface area contributed by atoms with Gasteiger partial charge in [0, 0.05) is 19.3 Å². The summed E-state index contributed by atoms with van der Waals surface area (Å²) >= 11 is 0. The van der Waals surface area contributed by atoms with Crippen LogP contribution in [-0.2, 0) is 13.5 Å². The highest BCUT2D eigenvalue weighted by Crippen LogP contribution is 2.07. The number of amides is 1. The Labute approximate surface area is 96.0 Å². The maximum Gasteiger partial charge on any atom is 0.254 e. The van der Waals surface area contributed by atoms with Crippen molar-refractivity contribution in [2.75, 3.05) is 6.54 Å². The average Bonchev–Trinajstić information content (AvgIpc) is 2.59. The van der Waals surface area contributed by atoms with E-state index < -0.39 is 0 Å². The highest BCUT2D eigenvalue weighted by molar-refractivity contribution is 5.95. The molecule has 1 aromatic heterocycles. The lowest BCUT2D eigenvalue weighted by atomic mass is 10.1. The number of hydrogen-bond donors (Lipinski definition) is 2. The number of rotatable bonds is 5. The van der Waals surface area contributed by atoms with E-state index in [1.807, 2.05) is 20.9 Å². The zero-order valence-electron chi connectivity index (χ0n) is 10.2. The minimum absolute atomic E-state index is 0.0640. The van der Waals surface area contributed by atoms with Crippen molar-refractivity contribution < 1.29 is 4.79 Å². The summed E-state index contributed by atoms with van der Waals surface area (Å²) in [6.45, 7) is 4.52. The van der Waals surface area contributed by atoms with Gasteiger partial charge in [0.05, 0.1) is 11.3 Å². The number of aromatic nitrogens is 2. The van der Waals surface area contributed by atoms with E-state index in [-0.39, 0.29) is 11.9 Å². The molecular weight excluding hydrogens is 204 g/mol. The number of hydrogen-bond acceptors (Lipinski definition) is 3. The SMILES string of the molecule is CCc1nn(C)cc1C(=O)NC(C)CCN. The minimum atomic E-state index is -0.0640. The predicted molar refractivity (Wildman–Crippen MR) is 63.2 cm³/mol. The van der Waals surface area contributed by atoms with Crippen molar-refractivity contribution in [1.82, 2.24) is 15.1 Å². The molecule has 3 N–H and O–H groups in total. The van der Waals surface area contributed by atoms with Gasteiger partial charge in [-0.1, -0.05) is 6.92 Å². The Morgan fingerprint density at radius 3 is 2.94 bits per heavy atom. The number of nitrogens with zero attached hydrogens (tertiary/aromatic N) is 2. The minimum Gasteiger partial charge on any atom is -0.349 e. The van der Waals surface area contributed by atoms with Crippen LogP contribution in [0, 0.1) is 0 Å². The first-order valence-electron chi connectivity index (χ1n) is 5.62. The van der Waals surface area contributed by atoms with E-state index in [2.05, 4.69) is 10.4 Å². The van der Waals surface area contributed by atoms with Gasteiger partial charge in [0.1, 0.15) is 0 Å². The molecule has 1 heterocycles. The number of aryl methyl sites for hydroxylation is 2. The molecule has 1 atom stereocenters. The summed E-state index contributed by atoms with van der Waals surface area (Å²) in [4.78, 5) is 11.9. The molecule has 0 radical (unpaired) electrons. The largest absolute Gasteiger partial charge is 0.349 e. The first-order valence-corrected chi connectivity index (χ1v) is 5.62. The van der Waals surface area contributed by atoms with Crippen molar-refractivity contribution in [1.29, 1.82) is 0 Å². The third-order valence-electron chi connectivity index (χ3n) is 2.46. The Balaban J connectivity index is 2.72. The van der Waals surface area contributed by atoms with E-state index >= 15 is 0 Å². The first kappa shape index (κ1) is 12.7. The van der Waals surface area contributed by atoms with Crippen molar-refractivity contribution in [3.8, 4) is 0 Å². The molecule has 0 aliphatic heterocycles. The van der Waals surface area contributed by atoms with Crippen LogP contribution in [0.15, 0.2) is 6.20 Å². The monoisotopic (exact) mass is 224 g/mol. The van der Waals surface area contributed by atoms with Gasteiger partial charge in [0.2, 0.25) is 0 Å². The van der Waals surface area contributed by atoms with Crippen molar-refractivity contribution in [2.45, 2.75) is 32.7 Å². The zero-order valence-corrected chi connectivity index (χ0v) is 10.2. The maximum atomic E-state index is 11.9. The molecule has 1 amide bonds. The quantitative estimate of drug-likeness (QED) is 0.762. The summed E-state index contributed by atoms with van der Waals surface area (Å²) < 4.78 is 1.67. The van der Waals surface area contributed by atoms with Crippen molar-refractivity contribution in [3.05, 3.63) is 17.5 Å². The molecule has 5 heteroatoms. The van der Waals surface area contributed by atoms with Gasteiger partial charge in [0.25, 0.3) is 5.91 Å². The summed E-state index contributed by atoms with van der Waals surface area (Å²) in [5, 5.41) is 7.15. The van der Waals surface area contributed by atoms with Crippen LogP contribution in [0.5, 0.6) is 0 Å². The smallest absolute Gasteiger partial charge is 0.254 e. The van der Waals surface area contributed by atoms with E-state index in [1.54, 1.807) is 10.9 Å². The lowest BCUT2D eigenvalue weighted by Gasteiger charge is -2.12. The van der Waals surface area contributed by atoms with Gasteiger partial charge >= 0.3 is 0 Å². The van der Waals surface area contributed by atoms with Gasteiger partial charge in [-0.05, 0) is 26.3 Å². The molecule has 0 aliphatic rings. The number of nitrogens with two attached hydrogens (primary N) is 1. The Kier molecular flexibility index (Phi) is 4.49. The average molecular weight is 224 g/mol. The Bertz CT molecular complexity index is 359. The molecule has 0 bridgehead atoms. The summed E-state index contributed by atoms with van der Waals surface area (Å²) in [7, 11) is 1.82. The third-order valence-corrected chi connectivity index (χ3v) is 2.46. The number of nitrogens with one attached hydrogen (secondary N) is 1. The van der Waals surface area contributed by atoms with Crippen molar-refractivity contribution in [2.24, 2.45) is 12.8 Å². The first-order chi connectivity index (χ1) is 7.58. The summed E-state index contributed by atoms with van der Waals surface area (Å²) in [5.74, 6) is -0.0640. The van der Waals surface area contributed by atoms with Gasteiger partial charge in [0.15, 0.2) is 0 Å². The van der Waals surface area contributed by atoms with E-state index in [0.29, 0.717) is 12.1 Å². The highest BCUT2D eigenvalue weighted by atomic mass is 16.1. The van der Waals surface area contributed by atoms with Crippen LogP contribution < -0.4 is 11.1 Å². The number of carbonyl (C=O) groups is 1. The Hall–Kier alpha value is -1.36. The van der Waals surface area contributed by atoms with Crippen LogP contribution in [0.2, 0.25) is 0 Å². The van der Waals surface area contributed by atoms with E-state index in [9.17, 15) is 4.79 Å². The van der Waals surface area contributed by atoms with Crippen molar-refractivity contribution in [3.63, 3.8) is 0 Å². The topological polar surface area (TPSA) is 72.9 Å². The van der Waals surface area contributed by atoms with Crippen molar-refractivity contribution >= 4 is 5.91 Å². The fraction of sp³-hybridized carbons (Fsp3) is 0.636. The van der Waals surface area contributed by atoms with Crippen LogP contribution >= 0.6 is 0 Å². The maximum absolute atomic E-state index is 11.9. The van der Waals surface area contributed by atoms with Crippen LogP contribution in [0.1, 0.15) is 36.3 Å². The molecule has 1 aromatic rings. The molecule has 1 unspecified atom stereocenters. The zero-order chi connectivity index (χ0) is 12.1. The lowest BCUT2D eigenvalue weighted by Crippen LogP contribution is -2.34. The Morgan fingerprint density at radius 1 is 1.69 bits per heavy atom. The third kappa shape index (κ3) is 3.06. The summed E-state index contributed by atoms with van der Waals surface area (Å²) in [5.41, 5.74) is 6.93. The molecule has 90 valence electrons. The van der Waals surface area contributed by atoms with Crippen LogP contribution in [0.25, 0.3) is 0 Å². The van der Waals surface area contributed by atoms with Gasteiger partial charge in [-0.2, -0.15) is 5.10 Å². The molecule has 16 heavy (non-hydrogen) atoms. The normalized spacial score (nSPS) is 12.5. The van der Waals surface area contributed by atoms with Gasteiger partial charge in [-0.3, -0.25) is 9.48 Å². The fourth-order valence-electron chi connectivity index (χ4n) is 1.61. The predicted octanol–water partition coefficient (Wildman–Crippen LogP) is 0.450. The van der Waals surface area contributed by atoms with Gasteiger partial charge in [-0.15, -0.1) is 0 Å². The van der Waals surface area contributed by atoms with Crippen LogP contribution in [0.3, 0.4) is 0 Å². The highest BCUT2D eigenvalue weighted by Gasteiger charge is 2.15. The molecular formula is C11H20N4O. The molecule has 5 nitrogen and oxygen atoms in total. The van der Waals surface area contributed by atoms with Gasteiger partial charge < -0.3 is 11.1 Å². The second-order valence-electron chi connectivity index (χ2n) is 3.97. The molecule has 0 saturated carbocycles. The second kappa shape index (κ2) is 5.65.